The van der Waals surface area contributed by atoms with Crippen molar-refractivity contribution in [2.45, 2.75) is 6.36 Å². The monoisotopic (exact) mass is 396 g/mol. The third-order valence-electron chi connectivity index (χ3n) is 3.50. The van der Waals surface area contributed by atoms with Crippen LogP contribution in [0.3, 0.4) is 0 Å². The molecule has 0 unspecified atom stereocenters. The van der Waals surface area contributed by atoms with E-state index in [-0.39, 0.29) is 23.1 Å². The number of rotatable bonds is 5. The standard InChI is InChI=1S/C18H13F5N4O/c1-24-17-26-14(10-3-2-4-12(7-10)28-18(21,22)23)9-16(27-17)25-15-8-11(19)5-6-13(15)20/h2-9H,1H3,(H2,24,25,26,27). The first-order valence-corrected chi connectivity index (χ1v) is 7.88. The lowest BCUT2D eigenvalue weighted by atomic mass is 10.1. The van der Waals surface area contributed by atoms with Crippen LogP contribution in [0.25, 0.3) is 11.3 Å². The van der Waals surface area contributed by atoms with Crippen molar-refractivity contribution in [3.63, 3.8) is 0 Å². The SMILES string of the molecule is CNc1nc(Nc2cc(F)ccc2F)cc(-c2cccc(OC(F)(F)F)c2)n1. The van der Waals surface area contributed by atoms with Crippen molar-refractivity contribution >= 4 is 17.5 Å². The summed E-state index contributed by atoms with van der Waals surface area (Å²) in [5.74, 6) is -1.53. The molecule has 0 radical (unpaired) electrons. The van der Waals surface area contributed by atoms with E-state index in [1.807, 2.05) is 0 Å². The van der Waals surface area contributed by atoms with Crippen LogP contribution in [0.1, 0.15) is 0 Å². The summed E-state index contributed by atoms with van der Waals surface area (Å²) >= 11 is 0. The summed E-state index contributed by atoms with van der Waals surface area (Å²) in [5.41, 5.74) is 0.399. The highest BCUT2D eigenvalue weighted by Crippen LogP contribution is 2.29. The Morgan fingerprint density at radius 2 is 1.75 bits per heavy atom. The topological polar surface area (TPSA) is 59.1 Å². The van der Waals surface area contributed by atoms with Crippen LogP contribution >= 0.6 is 0 Å². The van der Waals surface area contributed by atoms with Gasteiger partial charge in [-0.25, -0.2) is 13.8 Å². The van der Waals surface area contributed by atoms with Crippen molar-refractivity contribution in [1.29, 1.82) is 0 Å². The number of ether oxygens (including phenoxy) is 1. The third kappa shape index (κ3) is 4.84. The molecule has 0 saturated heterocycles. The molecule has 10 heteroatoms. The molecular weight excluding hydrogens is 383 g/mol. The Morgan fingerprint density at radius 3 is 2.46 bits per heavy atom. The van der Waals surface area contributed by atoms with Crippen LogP contribution in [0.15, 0.2) is 48.5 Å². The fourth-order valence-electron chi connectivity index (χ4n) is 2.35. The molecule has 0 fully saturated rings. The Bertz CT molecular complexity index is 994. The highest BCUT2D eigenvalue weighted by Gasteiger charge is 2.31. The summed E-state index contributed by atoms with van der Waals surface area (Å²) in [4.78, 5) is 8.27. The predicted molar refractivity (Wildman–Crippen MR) is 93.3 cm³/mol. The van der Waals surface area contributed by atoms with Crippen molar-refractivity contribution in [1.82, 2.24) is 9.97 Å². The predicted octanol–water partition coefficient (Wildman–Crippen LogP) is 5.11. The van der Waals surface area contributed by atoms with E-state index in [0.29, 0.717) is 5.56 Å². The molecule has 0 aliphatic rings. The van der Waals surface area contributed by atoms with E-state index in [4.69, 9.17) is 0 Å². The summed E-state index contributed by atoms with van der Waals surface area (Å²) in [6.07, 6.45) is -4.83. The number of nitrogens with one attached hydrogen (secondary N) is 2. The Labute approximate surface area is 156 Å². The maximum atomic E-state index is 13.9. The molecule has 3 aromatic rings. The molecule has 2 aromatic carbocycles. The lowest BCUT2D eigenvalue weighted by Crippen LogP contribution is -2.17. The van der Waals surface area contributed by atoms with Gasteiger partial charge in [0.1, 0.15) is 23.2 Å². The zero-order chi connectivity index (χ0) is 20.3. The number of aromatic nitrogens is 2. The van der Waals surface area contributed by atoms with Crippen molar-refractivity contribution in [2.24, 2.45) is 0 Å². The lowest BCUT2D eigenvalue weighted by Gasteiger charge is -2.12. The van der Waals surface area contributed by atoms with Crippen molar-refractivity contribution in [3.8, 4) is 17.0 Å². The van der Waals surface area contributed by atoms with Gasteiger partial charge in [0.15, 0.2) is 0 Å². The molecule has 0 aliphatic heterocycles. The minimum absolute atomic E-state index is 0.112. The van der Waals surface area contributed by atoms with Crippen LogP contribution < -0.4 is 15.4 Å². The van der Waals surface area contributed by atoms with Gasteiger partial charge in [0.25, 0.3) is 0 Å². The number of benzene rings is 2. The zero-order valence-corrected chi connectivity index (χ0v) is 14.3. The van der Waals surface area contributed by atoms with Gasteiger partial charge >= 0.3 is 6.36 Å². The van der Waals surface area contributed by atoms with Crippen LogP contribution in [0.5, 0.6) is 5.75 Å². The normalized spacial score (nSPS) is 11.2. The second-order valence-electron chi connectivity index (χ2n) is 5.54. The Morgan fingerprint density at radius 1 is 0.964 bits per heavy atom. The first-order valence-electron chi connectivity index (χ1n) is 7.88. The second-order valence-corrected chi connectivity index (χ2v) is 5.54. The van der Waals surface area contributed by atoms with Crippen LogP contribution in [-0.4, -0.2) is 23.4 Å². The van der Waals surface area contributed by atoms with Gasteiger partial charge in [-0.2, -0.15) is 4.98 Å². The van der Waals surface area contributed by atoms with Crippen LogP contribution in [0, 0.1) is 11.6 Å². The Hall–Kier alpha value is -3.43. The van der Waals surface area contributed by atoms with Crippen molar-refractivity contribution < 1.29 is 26.7 Å². The third-order valence-corrected chi connectivity index (χ3v) is 3.50. The van der Waals surface area contributed by atoms with Gasteiger partial charge in [-0.1, -0.05) is 12.1 Å². The number of hydrogen-bond donors (Lipinski definition) is 2. The molecule has 0 bridgehead atoms. The molecule has 0 atom stereocenters. The molecule has 0 aliphatic carbocycles. The highest BCUT2D eigenvalue weighted by atomic mass is 19.4. The van der Waals surface area contributed by atoms with Crippen LogP contribution in [0.2, 0.25) is 0 Å². The number of anilines is 3. The van der Waals surface area contributed by atoms with Crippen molar-refractivity contribution in [3.05, 3.63) is 60.2 Å². The fourth-order valence-corrected chi connectivity index (χ4v) is 2.35. The summed E-state index contributed by atoms with van der Waals surface area (Å²) in [6, 6.07) is 9.47. The Kier molecular flexibility index (Phi) is 5.30. The largest absolute Gasteiger partial charge is 0.573 e. The summed E-state index contributed by atoms with van der Waals surface area (Å²) in [7, 11) is 1.54. The smallest absolute Gasteiger partial charge is 0.406 e. The van der Waals surface area contributed by atoms with Gasteiger partial charge in [-0.3, -0.25) is 0 Å². The van der Waals surface area contributed by atoms with E-state index in [1.54, 1.807) is 0 Å². The minimum atomic E-state index is -4.83. The summed E-state index contributed by atoms with van der Waals surface area (Å²) in [5, 5.41) is 5.33. The van der Waals surface area contributed by atoms with Gasteiger partial charge < -0.3 is 15.4 Å². The molecule has 5 nitrogen and oxygen atoms in total. The molecular formula is C18H13F5N4O. The average molecular weight is 396 g/mol. The van der Waals surface area contributed by atoms with Gasteiger partial charge in [0.05, 0.1) is 11.4 Å². The molecule has 0 spiro atoms. The van der Waals surface area contributed by atoms with Crippen LogP contribution in [0.4, 0.5) is 39.4 Å². The maximum Gasteiger partial charge on any atom is 0.573 e. The maximum absolute atomic E-state index is 13.9. The molecule has 2 N–H and O–H groups in total. The van der Waals surface area contributed by atoms with E-state index in [2.05, 4.69) is 25.3 Å². The van der Waals surface area contributed by atoms with Crippen molar-refractivity contribution in [2.75, 3.05) is 17.7 Å². The van der Waals surface area contributed by atoms with Crippen LogP contribution in [-0.2, 0) is 0 Å². The Balaban J connectivity index is 1.97. The molecule has 3 rings (SSSR count). The first kappa shape index (κ1) is 19.3. The van der Waals surface area contributed by atoms with E-state index in [9.17, 15) is 22.0 Å². The first-order chi connectivity index (χ1) is 13.2. The molecule has 1 heterocycles. The highest BCUT2D eigenvalue weighted by molar-refractivity contribution is 5.68. The van der Waals surface area contributed by atoms with Gasteiger partial charge in [0, 0.05) is 24.7 Å². The molecule has 28 heavy (non-hydrogen) atoms. The molecule has 0 saturated carbocycles. The summed E-state index contributed by atoms with van der Waals surface area (Å²) in [6.45, 7) is 0. The molecule has 1 aromatic heterocycles. The zero-order valence-electron chi connectivity index (χ0n) is 14.3. The van der Waals surface area contributed by atoms with E-state index >= 15 is 0 Å². The second kappa shape index (κ2) is 7.67. The van der Waals surface area contributed by atoms with E-state index in [0.717, 1.165) is 30.3 Å². The van der Waals surface area contributed by atoms with Gasteiger partial charge in [-0.15, -0.1) is 13.2 Å². The quantitative estimate of drug-likeness (QED) is 0.588. The molecule has 0 amide bonds. The van der Waals surface area contributed by atoms with E-state index in [1.165, 1.54) is 25.2 Å². The summed E-state index contributed by atoms with van der Waals surface area (Å²) < 4.78 is 68.4. The lowest BCUT2D eigenvalue weighted by molar-refractivity contribution is -0.274. The average Bonchev–Trinajstić information content (AvgIpc) is 2.63. The number of alkyl halides is 3. The van der Waals surface area contributed by atoms with Gasteiger partial charge in [0.2, 0.25) is 5.95 Å². The van der Waals surface area contributed by atoms with Gasteiger partial charge in [-0.05, 0) is 24.3 Å². The molecule has 146 valence electrons. The minimum Gasteiger partial charge on any atom is -0.406 e. The number of halogens is 5. The van der Waals surface area contributed by atoms with E-state index < -0.39 is 23.7 Å². The fraction of sp³-hybridized carbons (Fsp3) is 0.111. The number of nitrogens with zero attached hydrogens (tertiary/aromatic N) is 2. The number of hydrogen-bond acceptors (Lipinski definition) is 5.